The lowest BCUT2D eigenvalue weighted by Gasteiger charge is -2.24. The summed E-state index contributed by atoms with van der Waals surface area (Å²) in [6.07, 6.45) is 2.36. The van der Waals surface area contributed by atoms with Gasteiger partial charge in [0.15, 0.2) is 5.82 Å². The highest BCUT2D eigenvalue weighted by Gasteiger charge is 2.34. The molecule has 1 amide bonds. The van der Waals surface area contributed by atoms with E-state index >= 15 is 0 Å². The number of anilines is 1. The van der Waals surface area contributed by atoms with Gasteiger partial charge in [0.1, 0.15) is 0 Å². The quantitative estimate of drug-likeness (QED) is 0.782. The molecule has 0 aromatic carbocycles. The third-order valence-electron chi connectivity index (χ3n) is 2.96. The average Bonchev–Trinajstić information content (AvgIpc) is 2.75. The van der Waals surface area contributed by atoms with Gasteiger partial charge in [-0.3, -0.25) is 9.48 Å². The van der Waals surface area contributed by atoms with E-state index in [1.165, 1.54) is 0 Å². The van der Waals surface area contributed by atoms with Crippen LogP contribution in [0.15, 0.2) is 12.3 Å². The van der Waals surface area contributed by atoms with E-state index in [1.54, 1.807) is 23.9 Å². The number of hydrogen-bond acceptors (Lipinski definition) is 3. The Hall–Kier alpha value is -1.43. The van der Waals surface area contributed by atoms with Crippen LogP contribution >= 0.6 is 12.2 Å². The van der Waals surface area contributed by atoms with Crippen molar-refractivity contribution in [1.82, 2.24) is 9.78 Å². The first-order chi connectivity index (χ1) is 7.93. The summed E-state index contributed by atoms with van der Waals surface area (Å²) in [6, 6.07) is 1.75. The summed E-state index contributed by atoms with van der Waals surface area (Å²) in [4.78, 5) is 12.3. The molecule has 5 nitrogen and oxygen atoms in total. The first kappa shape index (κ1) is 13.6. The van der Waals surface area contributed by atoms with Crippen molar-refractivity contribution in [2.24, 2.45) is 11.1 Å². The third kappa shape index (κ3) is 2.82. The molecule has 0 fully saturated rings. The van der Waals surface area contributed by atoms with Crippen molar-refractivity contribution < 1.29 is 4.79 Å². The molecule has 6 heteroatoms. The second-order valence-electron chi connectivity index (χ2n) is 4.06. The number of carbonyl (C=O) groups is 1. The monoisotopic (exact) mass is 254 g/mol. The molecule has 1 rings (SSSR count). The fourth-order valence-corrected chi connectivity index (χ4v) is 1.54. The average molecular weight is 254 g/mol. The predicted molar refractivity (Wildman–Crippen MR) is 71.7 cm³/mol. The highest BCUT2D eigenvalue weighted by atomic mass is 32.1. The van der Waals surface area contributed by atoms with Crippen molar-refractivity contribution in [1.29, 1.82) is 0 Å². The maximum Gasteiger partial charge on any atom is 0.238 e. The van der Waals surface area contributed by atoms with Crippen molar-refractivity contribution in [3.63, 3.8) is 0 Å². The molecule has 0 aliphatic heterocycles. The molecule has 1 unspecified atom stereocenters. The topological polar surface area (TPSA) is 72.9 Å². The fraction of sp³-hybridized carbons (Fsp3) is 0.545. The molecule has 0 bridgehead atoms. The lowest BCUT2D eigenvalue weighted by molar-refractivity contribution is -0.121. The van der Waals surface area contributed by atoms with Crippen LogP contribution in [0.4, 0.5) is 5.82 Å². The molecular formula is C11H18N4OS. The number of hydrogen-bond donors (Lipinski definition) is 2. The van der Waals surface area contributed by atoms with Gasteiger partial charge in [0.05, 0.1) is 10.4 Å². The molecule has 1 atom stereocenters. The van der Waals surface area contributed by atoms with Gasteiger partial charge in [-0.1, -0.05) is 19.1 Å². The van der Waals surface area contributed by atoms with E-state index in [0.29, 0.717) is 12.2 Å². The number of amides is 1. The molecule has 0 radical (unpaired) electrons. The van der Waals surface area contributed by atoms with Crippen LogP contribution in [0.2, 0.25) is 0 Å². The minimum atomic E-state index is -0.828. The standard InChI is InChI=1S/C11H18N4OS/c1-4-11(3,9(12)17)10(16)13-8-6-7-15(5-2)14-8/h6-7H,4-5H2,1-3H3,(H2,12,17)(H,13,14,16). The number of thiocarbonyl (C=S) groups is 1. The number of aromatic nitrogens is 2. The molecule has 1 aromatic rings. The number of nitrogens with zero attached hydrogens (tertiary/aromatic N) is 2. The fourth-order valence-electron chi connectivity index (χ4n) is 1.31. The zero-order chi connectivity index (χ0) is 13.1. The van der Waals surface area contributed by atoms with Gasteiger partial charge < -0.3 is 11.1 Å². The van der Waals surface area contributed by atoms with Crippen LogP contribution in [-0.2, 0) is 11.3 Å². The van der Waals surface area contributed by atoms with Gasteiger partial charge in [-0.25, -0.2) is 0 Å². The number of aryl methyl sites for hydroxylation is 1. The number of rotatable bonds is 5. The summed E-state index contributed by atoms with van der Waals surface area (Å²) < 4.78 is 1.74. The molecule has 3 N–H and O–H groups in total. The number of nitrogens with two attached hydrogens (primary N) is 1. The molecule has 1 aromatic heterocycles. The third-order valence-corrected chi connectivity index (χ3v) is 3.41. The Labute approximate surface area is 106 Å². The maximum absolute atomic E-state index is 12.1. The predicted octanol–water partition coefficient (Wildman–Crippen LogP) is 1.54. The molecule has 0 aliphatic rings. The molecule has 0 saturated heterocycles. The maximum atomic E-state index is 12.1. The van der Waals surface area contributed by atoms with Gasteiger partial charge in [-0.2, -0.15) is 5.10 Å². The van der Waals surface area contributed by atoms with Crippen molar-refractivity contribution in [3.05, 3.63) is 12.3 Å². The van der Waals surface area contributed by atoms with Gasteiger partial charge in [-0.15, -0.1) is 0 Å². The summed E-state index contributed by atoms with van der Waals surface area (Å²) in [6.45, 7) is 6.35. The van der Waals surface area contributed by atoms with Gasteiger partial charge in [0, 0.05) is 18.8 Å². The van der Waals surface area contributed by atoms with Gasteiger partial charge >= 0.3 is 0 Å². The van der Waals surface area contributed by atoms with Crippen molar-refractivity contribution in [3.8, 4) is 0 Å². The van der Waals surface area contributed by atoms with Crippen LogP contribution in [0.3, 0.4) is 0 Å². The van der Waals surface area contributed by atoms with Crippen LogP contribution in [0.1, 0.15) is 27.2 Å². The Morgan fingerprint density at radius 1 is 1.65 bits per heavy atom. The van der Waals surface area contributed by atoms with Crippen LogP contribution in [0, 0.1) is 5.41 Å². The summed E-state index contributed by atoms with van der Waals surface area (Å²) in [5.74, 6) is 0.307. The first-order valence-corrected chi connectivity index (χ1v) is 5.99. The van der Waals surface area contributed by atoms with Gasteiger partial charge in [0.25, 0.3) is 0 Å². The van der Waals surface area contributed by atoms with Crippen LogP contribution in [0.5, 0.6) is 0 Å². The smallest absolute Gasteiger partial charge is 0.238 e. The molecule has 94 valence electrons. The first-order valence-electron chi connectivity index (χ1n) is 5.58. The highest BCUT2D eigenvalue weighted by molar-refractivity contribution is 7.80. The van der Waals surface area contributed by atoms with E-state index in [-0.39, 0.29) is 10.9 Å². The van der Waals surface area contributed by atoms with E-state index in [2.05, 4.69) is 10.4 Å². The molecule has 0 spiro atoms. The SMILES string of the molecule is CCn1ccc(NC(=O)C(C)(CC)C(N)=S)n1. The van der Waals surface area contributed by atoms with Crippen molar-refractivity contribution in [2.45, 2.75) is 33.7 Å². The Morgan fingerprint density at radius 2 is 2.29 bits per heavy atom. The van der Waals surface area contributed by atoms with Crippen LogP contribution in [0.25, 0.3) is 0 Å². The van der Waals surface area contributed by atoms with Crippen LogP contribution in [-0.4, -0.2) is 20.7 Å². The zero-order valence-electron chi connectivity index (χ0n) is 10.4. The second-order valence-corrected chi connectivity index (χ2v) is 4.50. The van der Waals surface area contributed by atoms with E-state index in [1.807, 2.05) is 13.8 Å². The molecule has 0 saturated carbocycles. The largest absolute Gasteiger partial charge is 0.392 e. The van der Waals surface area contributed by atoms with Gasteiger partial charge in [0.2, 0.25) is 5.91 Å². The molecule has 1 heterocycles. The van der Waals surface area contributed by atoms with E-state index in [0.717, 1.165) is 6.54 Å². The summed E-state index contributed by atoms with van der Waals surface area (Å²) in [7, 11) is 0. The molecule has 0 aliphatic carbocycles. The Kier molecular flexibility index (Phi) is 4.22. The number of carbonyl (C=O) groups excluding carboxylic acids is 1. The van der Waals surface area contributed by atoms with Crippen molar-refractivity contribution >= 4 is 28.9 Å². The van der Waals surface area contributed by atoms with E-state index in [9.17, 15) is 4.79 Å². The molecular weight excluding hydrogens is 236 g/mol. The van der Waals surface area contributed by atoms with Gasteiger partial charge in [-0.05, 0) is 20.3 Å². The Morgan fingerprint density at radius 3 is 2.71 bits per heavy atom. The Bertz CT molecular complexity index is 429. The Balaban J connectivity index is 2.81. The summed E-state index contributed by atoms with van der Waals surface area (Å²) in [5, 5.41) is 6.91. The minimum absolute atomic E-state index is 0.201. The number of nitrogens with one attached hydrogen (secondary N) is 1. The second kappa shape index (κ2) is 5.27. The van der Waals surface area contributed by atoms with E-state index in [4.69, 9.17) is 18.0 Å². The normalized spacial score (nSPS) is 14.1. The summed E-state index contributed by atoms with van der Waals surface area (Å²) in [5.41, 5.74) is 4.78. The lowest BCUT2D eigenvalue weighted by atomic mass is 9.86. The molecule has 17 heavy (non-hydrogen) atoms. The highest BCUT2D eigenvalue weighted by Crippen LogP contribution is 2.23. The van der Waals surface area contributed by atoms with Crippen LogP contribution < -0.4 is 11.1 Å². The lowest BCUT2D eigenvalue weighted by Crippen LogP contribution is -2.43. The van der Waals surface area contributed by atoms with Crippen molar-refractivity contribution in [2.75, 3.05) is 5.32 Å². The van der Waals surface area contributed by atoms with E-state index < -0.39 is 5.41 Å². The minimum Gasteiger partial charge on any atom is -0.392 e. The summed E-state index contributed by atoms with van der Waals surface area (Å²) >= 11 is 4.94. The zero-order valence-corrected chi connectivity index (χ0v) is 11.2.